The molecular formula is C25H44O8. The van der Waals surface area contributed by atoms with Gasteiger partial charge in [-0.2, -0.15) is 0 Å². The molecule has 8 heteroatoms. The maximum atomic E-state index is 10.8. The molecule has 33 heavy (non-hydrogen) atoms. The molecule has 0 aromatic rings. The average Bonchev–Trinajstić information content (AvgIpc) is 3.63. The number of aliphatic hydroxyl groups excluding tert-OH is 1. The van der Waals surface area contributed by atoms with Crippen LogP contribution in [0.4, 0.5) is 0 Å². The molecule has 0 unspecified atom stereocenters. The smallest absolute Gasteiger partial charge is 0.186 e. The van der Waals surface area contributed by atoms with Crippen LogP contribution in [0.25, 0.3) is 0 Å². The van der Waals surface area contributed by atoms with Gasteiger partial charge in [-0.05, 0) is 18.9 Å². The first-order valence-electron chi connectivity index (χ1n) is 11.8. The van der Waals surface area contributed by atoms with Crippen LogP contribution in [0.15, 0.2) is 23.8 Å². The number of hydrogen-bond acceptors (Lipinski definition) is 8. The highest BCUT2D eigenvalue weighted by Crippen LogP contribution is 2.37. The summed E-state index contributed by atoms with van der Waals surface area (Å²) in [6.07, 6.45) is 4.20. The van der Waals surface area contributed by atoms with Crippen LogP contribution >= 0.6 is 0 Å². The fraction of sp³-hybridized carbons (Fsp3) is 0.840. The van der Waals surface area contributed by atoms with Gasteiger partial charge in [0.25, 0.3) is 0 Å². The predicted molar refractivity (Wildman–Crippen MR) is 125 cm³/mol. The Morgan fingerprint density at radius 2 is 1.55 bits per heavy atom. The van der Waals surface area contributed by atoms with Gasteiger partial charge in [-0.25, -0.2) is 0 Å². The third kappa shape index (κ3) is 6.64. The molecule has 0 aliphatic carbocycles. The Bertz CT molecular complexity index is 634. The van der Waals surface area contributed by atoms with Crippen LogP contribution in [0.2, 0.25) is 0 Å². The number of rotatable bonds is 13. The molecule has 2 aliphatic rings. The van der Waals surface area contributed by atoms with E-state index in [0.717, 1.165) is 12.0 Å². The molecule has 1 N–H and O–H groups in total. The van der Waals surface area contributed by atoms with Gasteiger partial charge < -0.3 is 38.3 Å². The summed E-state index contributed by atoms with van der Waals surface area (Å²) in [7, 11) is 8.17. The second-order valence-electron chi connectivity index (χ2n) is 9.01. The van der Waals surface area contributed by atoms with Gasteiger partial charge in [0.05, 0.1) is 18.3 Å². The van der Waals surface area contributed by atoms with E-state index in [9.17, 15) is 5.11 Å². The lowest BCUT2D eigenvalue weighted by Gasteiger charge is -2.44. The van der Waals surface area contributed by atoms with Gasteiger partial charge in [0.2, 0.25) is 0 Å². The van der Waals surface area contributed by atoms with Crippen LogP contribution < -0.4 is 0 Å². The maximum absolute atomic E-state index is 10.8. The molecule has 0 amide bonds. The van der Waals surface area contributed by atoms with E-state index in [1.807, 2.05) is 32.1 Å². The first-order valence-corrected chi connectivity index (χ1v) is 11.8. The number of methoxy groups -OCH3 is 5. The van der Waals surface area contributed by atoms with E-state index >= 15 is 0 Å². The second-order valence-corrected chi connectivity index (χ2v) is 9.01. The lowest BCUT2D eigenvalue weighted by Crippen LogP contribution is -2.60. The summed E-state index contributed by atoms with van der Waals surface area (Å²) in [4.78, 5) is 0. The first-order chi connectivity index (χ1) is 15.8. The predicted octanol–water partition coefficient (Wildman–Crippen LogP) is 2.73. The van der Waals surface area contributed by atoms with Crippen molar-refractivity contribution < 1.29 is 38.3 Å². The monoisotopic (exact) mass is 472 g/mol. The van der Waals surface area contributed by atoms with Crippen molar-refractivity contribution in [1.82, 2.24) is 0 Å². The van der Waals surface area contributed by atoms with Crippen LogP contribution in [-0.4, -0.2) is 95.8 Å². The molecule has 0 aromatic carbocycles. The molecule has 2 fully saturated rings. The number of hydrogen-bond donors (Lipinski definition) is 1. The summed E-state index contributed by atoms with van der Waals surface area (Å²) in [5.41, 5.74) is 0.957. The molecule has 0 aromatic heterocycles. The van der Waals surface area contributed by atoms with E-state index < -0.39 is 18.5 Å². The van der Waals surface area contributed by atoms with Crippen molar-refractivity contribution >= 4 is 0 Å². The highest BCUT2D eigenvalue weighted by Gasteiger charge is 2.50. The van der Waals surface area contributed by atoms with Crippen LogP contribution in [0.1, 0.15) is 34.1 Å². The molecule has 0 bridgehead atoms. The Morgan fingerprint density at radius 1 is 0.909 bits per heavy atom. The maximum Gasteiger partial charge on any atom is 0.186 e. The number of epoxide rings is 1. The quantitative estimate of drug-likeness (QED) is 0.323. The van der Waals surface area contributed by atoms with E-state index in [2.05, 4.69) is 13.8 Å². The SMILES string of the molecule is CC[C@H](OC)[C@@H](C)[C@@H]1O[C@H]1[C@H](O)[C@@H](C)/C=C/C=C(\C)[C@@H]1O[C@H](OC)[C@H](OC)[C@@H](OC)[C@H]1OC. The molecule has 11 atom stereocenters. The van der Waals surface area contributed by atoms with Crippen molar-refractivity contribution in [2.45, 2.75) is 89.2 Å². The summed E-state index contributed by atoms with van der Waals surface area (Å²) in [6, 6.07) is 0. The van der Waals surface area contributed by atoms with Gasteiger partial charge in [-0.3, -0.25) is 0 Å². The van der Waals surface area contributed by atoms with Crippen molar-refractivity contribution in [3.63, 3.8) is 0 Å². The van der Waals surface area contributed by atoms with Crippen LogP contribution in [-0.2, 0) is 33.2 Å². The number of allylic oxidation sites excluding steroid dienone is 2. The Balaban J connectivity index is 2.02. The van der Waals surface area contributed by atoms with Crippen molar-refractivity contribution in [2.75, 3.05) is 35.5 Å². The van der Waals surface area contributed by atoms with Gasteiger partial charge >= 0.3 is 0 Å². The molecule has 2 heterocycles. The van der Waals surface area contributed by atoms with E-state index in [1.165, 1.54) is 0 Å². The van der Waals surface area contributed by atoms with Crippen molar-refractivity contribution in [3.05, 3.63) is 23.8 Å². The topological polar surface area (TPSA) is 88.1 Å². The standard InChI is InChI=1S/C25H44O8/c1-10-17(27-5)16(4)20-21(32-20)18(26)14(2)12-11-13-15(3)19-22(28-6)23(29-7)24(30-8)25(31-9)33-19/h11-14,16-26H,10H2,1-9H3/b12-11+,15-13+/t14-,16+,17-,18+,19-,20-,21-,22-,23-,24+,25-/m0/s1. The van der Waals surface area contributed by atoms with Gasteiger partial charge in [0.15, 0.2) is 6.29 Å². The van der Waals surface area contributed by atoms with Gasteiger partial charge in [-0.15, -0.1) is 0 Å². The third-order valence-electron chi connectivity index (χ3n) is 7.01. The van der Waals surface area contributed by atoms with Crippen LogP contribution in [0, 0.1) is 11.8 Å². The van der Waals surface area contributed by atoms with Crippen molar-refractivity contribution in [1.29, 1.82) is 0 Å². The average molecular weight is 473 g/mol. The first kappa shape index (κ1) is 28.4. The fourth-order valence-corrected chi connectivity index (χ4v) is 4.83. The zero-order valence-electron chi connectivity index (χ0n) is 21.6. The largest absolute Gasteiger partial charge is 0.390 e. The number of ether oxygens (including phenoxy) is 7. The van der Waals surface area contributed by atoms with E-state index in [4.69, 9.17) is 33.2 Å². The van der Waals surface area contributed by atoms with Gasteiger partial charge in [0.1, 0.15) is 30.5 Å². The lowest BCUT2D eigenvalue weighted by atomic mass is 9.91. The summed E-state index contributed by atoms with van der Waals surface area (Å²) < 4.78 is 39.9. The summed E-state index contributed by atoms with van der Waals surface area (Å²) in [6.45, 7) is 8.18. The summed E-state index contributed by atoms with van der Waals surface area (Å²) >= 11 is 0. The van der Waals surface area contributed by atoms with Gasteiger partial charge in [0, 0.05) is 47.4 Å². The minimum absolute atomic E-state index is 0.0295. The van der Waals surface area contributed by atoms with E-state index in [-0.39, 0.29) is 48.5 Å². The van der Waals surface area contributed by atoms with Crippen molar-refractivity contribution in [3.8, 4) is 0 Å². The number of aliphatic hydroxyl groups is 1. The Hall–Kier alpha value is -0.840. The molecule has 0 spiro atoms. The van der Waals surface area contributed by atoms with Gasteiger partial charge in [-0.1, -0.05) is 39.0 Å². The highest BCUT2D eigenvalue weighted by atomic mass is 16.7. The molecule has 8 nitrogen and oxygen atoms in total. The molecule has 2 rings (SSSR count). The molecule has 2 aliphatic heterocycles. The minimum Gasteiger partial charge on any atom is -0.390 e. The third-order valence-corrected chi connectivity index (χ3v) is 7.01. The summed E-state index contributed by atoms with van der Waals surface area (Å²) in [5, 5.41) is 10.8. The second kappa shape index (κ2) is 13.3. The Kier molecular flexibility index (Phi) is 11.4. The minimum atomic E-state index is -0.576. The summed E-state index contributed by atoms with van der Waals surface area (Å²) in [5.74, 6) is 0.173. The van der Waals surface area contributed by atoms with Crippen LogP contribution in [0.5, 0.6) is 0 Å². The fourth-order valence-electron chi connectivity index (χ4n) is 4.83. The molecule has 0 radical (unpaired) electrons. The van der Waals surface area contributed by atoms with E-state index in [0.29, 0.717) is 0 Å². The Morgan fingerprint density at radius 3 is 2.06 bits per heavy atom. The molecule has 0 saturated carbocycles. The zero-order valence-corrected chi connectivity index (χ0v) is 21.6. The lowest BCUT2D eigenvalue weighted by molar-refractivity contribution is -0.295. The molecule has 2 saturated heterocycles. The van der Waals surface area contributed by atoms with Crippen LogP contribution in [0.3, 0.4) is 0 Å². The Labute approximate surface area is 199 Å². The zero-order chi connectivity index (χ0) is 24.7. The normalized spacial score (nSPS) is 36.5. The van der Waals surface area contributed by atoms with E-state index in [1.54, 1.807) is 35.5 Å². The molecule has 192 valence electrons. The van der Waals surface area contributed by atoms with Crippen molar-refractivity contribution in [2.24, 2.45) is 11.8 Å². The highest BCUT2D eigenvalue weighted by molar-refractivity contribution is 5.19. The molecular weight excluding hydrogens is 428 g/mol.